The van der Waals surface area contributed by atoms with Crippen LogP contribution < -0.4 is 10.1 Å². The number of methoxy groups -OCH3 is 1. The number of hydrogen-bond acceptors (Lipinski definition) is 4. The molecule has 29 heavy (non-hydrogen) atoms. The van der Waals surface area contributed by atoms with Gasteiger partial charge in [-0.3, -0.25) is 4.79 Å². The Morgan fingerprint density at radius 1 is 1.21 bits per heavy atom. The second-order valence-corrected chi connectivity index (χ2v) is 8.45. The topological polar surface area (TPSA) is 50.8 Å². The fraction of sp³-hybridized carbons (Fsp3) is 0.625. The first-order valence-electron chi connectivity index (χ1n) is 11.1. The van der Waals surface area contributed by atoms with Gasteiger partial charge < -0.3 is 19.7 Å². The quantitative estimate of drug-likeness (QED) is 0.505. The van der Waals surface area contributed by atoms with E-state index in [0.29, 0.717) is 24.0 Å². The highest BCUT2D eigenvalue weighted by Gasteiger charge is 2.30. The fourth-order valence-corrected chi connectivity index (χ4v) is 4.71. The molecular formula is C24H36N2O3. The maximum atomic E-state index is 12.8. The Morgan fingerprint density at radius 2 is 2.00 bits per heavy atom. The lowest BCUT2D eigenvalue weighted by Crippen LogP contribution is -2.48. The van der Waals surface area contributed by atoms with Gasteiger partial charge in [-0.15, -0.1) is 6.58 Å². The van der Waals surface area contributed by atoms with Gasteiger partial charge in [0.1, 0.15) is 5.75 Å². The van der Waals surface area contributed by atoms with Gasteiger partial charge in [0.15, 0.2) is 0 Å². The summed E-state index contributed by atoms with van der Waals surface area (Å²) in [4.78, 5) is 15.4. The third-order valence-electron chi connectivity index (χ3n) is 6.26. The maximum Gasteiger partial charge on any atom is 0.251 e. The number of piperidine rings is 1. The van der Waals surface area contributed by atoms with Crippen molar-refractivity contribution in [2.45, 2.75) is 44.6 Å². The summed E-state index contributed by atoms with van der Waals surface area (Å²) >= 11 is 0. The van der Waals surface area contributed by atoms with Crippen LogP contribution in [-0.4, -0.2) is 56.8 Å². The van der Waals surface area contributed by atoms with Crippen LogP contribution in [0.25, 0.3) is 0 Å². The predicted molar refractivity (Wildman–Crippen MR) is 116 cm³/mol. The Kier molecular flexibility index (Phi) is 8.56. The van der Waals surface area contributed by atoms with Crippen molar-refractivity contribution < 1.29 is 14.3 Å². The molecule has 0 radical (unpaired) electrons. The molecule has 1 aliphatic carbocycles. The Balaban J connectivity index is 1.53. The van der Waals surface area contributed by atoms with Crippen LogP contribution in [0.5, 0.6) is 5.75 Å². The average molecular weight is 401 g/mol. The summed E-state index contributed by atoms with van der Waals surface area (Å²) in [5.41, 5.74) is 0.701. The maximum absolute atomic E-state index is 12.8. The number of hydrogen-bond donors (Lipinski definition) is 1. The Hall–Kier alpha value is -1.85. The van der Waals surface area contributed by atoms with Gasteiger partial charge in [0.05, 0.1) is 20.3 Å². The fourth-order valence-electron chi connectivity index (χ4n) is 4.71. The number of ether oxygens (including phenoxy) is 2. The van der Waals surface area contributed by atoms with Crippen molar-refractivity contribution in [1.29, 1.82) is 0 Å². The summed E-state index contributed by atoms with van der Waals surface area (Å²) in [5.74, 6) is 1.94. The minimum atomic E-state index is 0.0268. The normalized spacial score (nSPS) is 25.3. The van der Waals surface area contributed by atoms with Gasteiger partial charge in [-0.1, -0.05) is 18.9 Å². The minimum Gasteiger partial charge on any atom is -0.497 e. The lowest BCUT2D eigenvalue weighted by atomic mass is 9.83. The Bertz CT molecular complexity index is 646. The molecule has 3 atom stereocenters. The standard InChI is InChI=1S/C24H36N2O3/c1-3-15-29-18-19-7-6-14-26(16-19)17-21-8-4-5-9-23(21)25-24(27)20-10-12-22(28-2)13-11-20/h3,10-13,19,21,23H,1,4-9,14-18H2,2H3,(H,25,27)/t19?,21-,23+/m0/s1. The lowest BCUT2D eigenvalue weighted by Gasteiger charge is -2.39. The van der Waals surface area contributed by atoms with Crippen LogP contribution >= 0.6 is 0 Å². The van der Waals surface area contributed by atoms with Gasteiger partial charge in [0, 0.05) is 24.7 Å². The summed E-state index contributed by atoms with van der Waals surface area (Å²) in [6.07, 6.45) is 9.03. The van der Waals surface area contributed by atoms with Gasteiger partial charge in [-0.05, 0) is 68.3 Å². The third kappa shape index (κ3) is 6.58. The van der Waals surface area contributed by atoms with E-state index in [-0.39, 0.29) is 11.9 Å². The molecule has 5 nitrogen and oxygen atoms in total. The van der Waals surface area contributed by atoms with E-state index in [1.807, 2.05) is 30.3 Å². The third-order valence-corrected chi connectivity index (χ3v) is 6.26. The van der Waals surface area contributed by atoms with Crippen molar-refractivity contribution >= 4 is 5.91 Å². The van der Waals surface area contributed by atoms with Crippen LogP contribution in [-0.2, 0) is 4.74 Å². The first-order chi connectivity index (χ1) is 14.2. The van der Waals surface area contributed by atoms with E-state index in [0.717, 1.165) is 38.4 Å². The molecule has 5 heteroatoms. The van der Waals surface area contributed by atoms with E-state index in [1.165, 1.54) is 32.1 Å². The molecule has 3 rings (SSSR count). The number of carbonyl (C=O) groups is 1. The molecule has 2 fully saturated rings. The smallest absolute Gasteiger partial charge is 0.251 e. The van der Waals surface area contributed by atoms with E-state index in [1.54, 1.807) is 7.11 Å². The zero-order valence-electron chi connectivity index (χ0n) is 17.8. The van der Waals surface area contributed by atoms with E-state index in [4.69, 9.17) is 9.47 Å². The number of benzene rings is 1. The molecule has 0 bridgehead atoms. The van der Waals surface area contributed by atoms with Crippen LogP contribution in [0, 0.1) is 11.8 Å². The molecule has 1 aliphatic heterocycles. The molecule has 1 aromatic carbocycles. The van der Waals surface area contributed by atoms with Crippen molar-refractivity contribution in [1.82, 2.24) is 10.2 Å². The van der Waals surface area contributed by atoms with Gasteiger partial charge in [0.2, 0.25) is 0 Å². The van der Waals surface area contributed by atoms with Crippen molar-refractivity contribution in [3.63, 3.8) is 0 Å². The number of nitrogens with one attached hydrogen (secondary N) is 1. The van der Waals surface area contributed by atoms with Crippen LogP contribution in [0.3, 0.4) is 0 Å². The molecule has 1 saturated heterocycles. The van der Waals surface area contributed by atoms with E-state index in [9.17, 15) is 4.79 Å². The number of rotatable bonds is 9. The first-order valence-corrected chi connectivity index (χ1v) is 11.1. The van der Waals surface area contributed by atoms with Gasteiger partial charge in [0.25, 0.3) is 5.91 Å². The molecule has 1 unspecified atom stereocenters. The van der Waals surface area contributed by atoms with Crippen molar-refractivity contribution in [3.05, 3.63) is 42.5 Å². The number of nitrogens with zero attached hydrogens (tertiary/aromatic N) is 1. The highest BCUT2D eigenvalue weighted by Crippen LogP contribution is 2.28. The highest BCUT2D eigenvalue weighted by atomic mass is 16.5. The molecule has 1 aromatic rings. The van der Waals surface area contributed by atoms with E-state index in [2.05, 4.69) is 16.8 Å². The summed E-state index contributed by atoms with van der Waals surface area (Å²) < 4.78 is 10.9. The minimum absolute atomic E-state index is 0.0268. The van der Waals surface area contributed by atoms with Crippen LogP contribution in [0.1, 0.15) is 48.9 Å². The highest BCUT2D eigenvalue weighted by molar-refractivity contribution is 5.94. The molecule has 1 amide bonds. The molecule has 0 aromatic heterocycles. The molecule has 0 spiro atoms. The molecule has 2 aliphatic rings. The van der Waals surface area contributed by atoms with Crippen LogP contribution in [0.15, 0.2) is 36.9 Å². The van der Waals surface area contributed by atoms with Crippen LogP contribution in [0.2, 0.25) is 0 Å². The molecule has 1 saturated carbocycles. The van der Waals surface area contributed by atoms with Crippen molar-refractivity contribution in [3.8, 4) is 5.75 Å². The summed E-state index contributed by atoms with van der Waals surface area (Å²) in [6.45, 7) is 8.52. The predicted octanol–water partition coefficient (Wildman–Crippen LogP) is 3.90. The first kappa shape index (κ1) is 21.8. The van der Waals surface area contributed by atoms with Gasteiger partial charge in [-0.2, -0.15) is 0 Å². The number of amides is 1. The van der Waals surface area contributed by atoms with Crippen LogP contribution in [0.4, 0.5) is 0 Å². The summed E-state index contributed by atoms with van der Waals surface area (Å²) in [7, 11) is 1.64. The lowest BCUT2D eigenvalue weighted by molar-refractivity contribution is 0.0599. The van der Waals surface area contributed by atoms with E-state index < -0.39 is 0 Å². The molecular weight excluding hydrogens is 364 g/mol. The van der Waals surface area contributed by atoms with Gasteiger partial charge in [-0.25, -0.2) is 0 Å². The van der Waals surface area contributed by atoms with Crippen molar-refractivity contribution in [2.75, 3.05) is 40.0 Å². The Morgan fingerprint density at radius 3 is 2.76 bits per heavy atom. The number of carbonyl (C=O) groups excluding carboxylic acids is 1. The average Bonchev–Trinajstić information content (AvgIpc) is 2.76. The monoisotopic (exact) mass is 400 g/mol. The second-order valence-electron chi connectivity index (χ2n) is 8.45. The zero-order valence-corrected chi connectivity index (χ0v) is 17.8. The zero-order chi connectivity index (χ0) is 20.5. The number of likely N-dealkylation sites (tertiary alicyclic amines) is 1. The molecule has 160 valence electrons. The second kappa shape index (κ2) is 11.4. The molecule has 1 heterocycles. The largest absolute Gasteiger partial charge is 0.497 e. The van der Waals surface area contributed by atoms with E-state index >= 15 is 0 Å². The molecule has 1 N–H and O–H groups in total. The summed E-state index contributed by atoms with van der Waals surface area (Å²) in [6, 6.07) is 7.62. The summed E-state index contributed by atoms with van der Waals surface area (Å²) in [5, 5.41) is 3.32. The SMILES string of the molecule is C=CCOCC1CCCN(C[C@@H]2CCCC[C@H]2NC(=O)c2ccc(OC)cc2)C1. The Labute approximate surface area is 175 Å². The van der Waals surface area contributed by atoms with Crippen molar-refractivity contribution in [2.24, 2.45) is 11.8 Å². The van der Waals surface area contributed by atoms with Gasteiger partial charge >= 0.3 is 0 Å².